The first-order valence-corrected chi connectivity index (χ1v) is 10.4. The van der Waals surface area contributed by atoms with Crippen molar-refractivity contribution < 1.29 is 18.0 Å². The number of alkyl halides is 3. The Morgan fingerprint density at radius 3 is 2.88 bits per heavy atom. The Balaban J connectivity index is 1.67. The molecule has 0 radical (unpaired) electrons. The molecule has 7 nitrogen and oxygen atoms in total. The lowest BCUT2D eigenvalue weighted by Crippen LogP contribution is -2.44. The van der Waals surface area contributed by atoms with Gasteiger partial charge in [0.25, 0.3) is 0 Å². The minimum Gasteiger partial charge on any atom is -0.362 e. The van der Waals surface area contributed by atoms with Crippen LogP contribution in [-0.4, -0.2) is 49.3 Å². The molecule has 166 valence electrons. The van der Waals surface area contributed by atoms with Gasteiger partial charge in [-0.25, -0.2) is 9.97 Å². The standard InChI is InChI=1S/C22H21F3N6O/c1-13(32)30-9-4-5-14(12-30)28-20-21-26-8-10-31(21)19(22(23,24)25)18(29-20)16-11-27-17-7-3-2-6-15(16)17/h2-3,6-8,10-11,14,27H,4-5,9,12H2,1H3,(H,28,29)/t14-/m0/s1. The van der Waals surface area contributed by atoms with E-state index in [-0.39, 0.29) is 29.1 Å². The minimum atomic E-state index is -4.64. The van der Waals surface area contributed by atoms with Crippen molar-refractivity contribution in [3.8, 4) is 11.3 Å². The molecule has 3 aromatic heterocycles. The number of para-hydroxylation sites is 1. The van der Waals surface area contributed by atoms with Crippen molar-refractivity contribution in [3.05, 3.63) is 48.5 Å². The maximum atomic E-state index is 14.2. The largest absolute Gasteiger partial charge is 0.433 e. The summed E-state index contributed by atoms with van der Waals surface area (Å²) >= 11 is 0. The number of anilines is 1. The quantitative estimate of drug-likeness (QED) is 0.495. The van der Waals surface area contributed by atoms with Crippen LogP contribution < -0.4 is 5.32 Å². The third kappa shape index (κ3) is 3.45. The molecule has 1 aliphatic heterocycles. The van der Waals surface area contributed by atoms with Gasteiger partial charge in [0.1, 0.15) is 5.69 Å². The molecule has 10 heteroatoms. The highest BCUT2D eigenvalue weighted by atomic mass is 19.4. The lowest BCUT2D eigenvalue weighted by molar-refractivity contribution is -0.141. The third-order valence-electron chi connectivity index (χ3n) is 5.86. The van der Waals surface area contributed by atoms with Gasteiger partial charge in [0, 0.05) is 61.1 Å². The molecule has 1 amide bonds. The Kier molecular flexibility index (Phi) is 4.79. The second-order valence-corrected chi connectivity index (χ2v) is 7.97. The molecule has 0 spiro atoms. The van der Waals surface area contributed by atoms with Crippen molar-refractivity contribution in [3.63, 3.8) is 0 Å². The van der Waals surface area contributed by atoms with Gasteiger partial charge in [-0.05, 0) is 18.9 Å². The van der Waals surface area contributed by atoms with Gasteiger partial charge in [-0.2, -0.15) is 13.2 Å². The van der Waals surface area contributed by atoms with Crippen molar-refractivity contribution >= 4 is 28.3 Å². The first-order chi connectivity index (χ1) is 15.3. The SMILES string of the molecule is CC(=O)N1CCC[C@H](Nc2nc(-c3c[nH]c4ccccc34)c(C(F)(F)F)n3ccnc23)C1. The number of halogens is 3. The second-order valence-electron chi connectivity index (χ2n) is 7.97. The number of piperidine rings is 1. The van der Waals surface area contributed by atoms with Crippen molar-refractivity contribution in [2.24, 2.45) is 0 Å². The van der Waals surface area contributed by atoms with Crippen LogP contribution in [0.25, 0.3) is 27.8 Å². The summed E-state index contributed by atoms with van der Waals surface area (Å²) in [5.74, 6) is 0.237. The first kappa shape index (κ1) is 20.3. The number of nitrogens with zero attached hydrogens (tertiary/aromatic N) is 4. The Bertz CT molecular complexity index is 1310. The molecule has 32 heavy (non-hydrogen) atoms. The van der Waals surface area contributed by atoms with Crippen molar-refractivity contribution in [1.29, 1.82) is 0 Å². The zero-order chi connectivity index (χ0) is 22.5. The van der Waals surface area contributed by atoms with Crippen LogP contribution in [0, 0.1) is 0 Å². The molecule has 1 saturated heterocycles. The summed E-state index contributed by atoms with van der Waals surface area (Å²) in [7, 11) is 0. The van der Waals surface area contributed by atoms with E-state index in [1.165, 1.54) is 19.3 Å². The molecule has 4 heterocycles. The van der Waals surface area contributed by atoms with E-state index in [4.69, 9.17) is 0 Å². The summed E-state index contributed by atoms with van der Waals surface area (Å²) < 4.78 is 43.7. The van der Waals surface area contributed by atoms with E-state index in [0.717, 1.165) is 22.8 Å². The number of aromatic amines is 1. The normalized spacial score (nSPS) is 17.2. The number of likely N-dealkylation sites (tertiary alicyclic amines) is 1. The average Bonchev–Trinajstić information content (AvgIpc) is 3.40. The monoisotopic (exact) mass is 442 g/mol. The molecular weight excluding hydrogens is 421 g/mol. The Morgan fingerprint density at radius 1 is 1.28 bits per heavy atom. The summed E-state index contributed by atoms with van der Waals surface area (Å²) in [6.07, 6.45) is 1.12. The van der Waals surface area contributed by atoms with Gasteiger partial charge < -0.3 is 15.2 Å². The highest BCUT2D eigenvalue weighted by Crippen LogP contribution is 2.40. The number of carbonyl (C=O) groups is 1. The van der Waals surface area contributed by atoms with E-state index in [0.29, 0.717) is 24.0 Å². The zero-order valence-corrected chi connectivity index (χ0v) is 17.3. The molecule has 1 atom stereocenters. The van der Waals surface area contributed by atoms with Crippen molar-refractivity contribution in [1.82, 2.24) is 24.3 Å². The maximum absolute atomic E-state index is 14.2. The molecule has 1 aromatic carbocycles. The summed E-state index contributed by atoms with van der Waals surface area (Å²) in [5.41, 5.74) is 0.125. The van der Waals surface area contributed by atoms with Crippen LogP contribution in [0.15, 0.2) is 42.9 Å². The number of rotatable bonds is 3. The molecule has 0 unspecified atom stereocenters. The van der Waals surface area contributed by atoms with Gasteiger partial charge in [-0.3, -0.25) is 9.20 Å². The number of benzene rings is 1. The van der Waals surface area contributed by atoms with Crippen LogP contribution in [0.3, 0.4) is 0 Å². The number of hydrogen-bond donors (Lipinski definition) is 2. The molecule has 1 fully saturated rings. The van der Waals surface area contributed by atoms with Crippen LogP contribution in [0.1, 0.15) is 25.5 Å². The van der Waals surface area contributed by atoms with Crippen LogP contribution in [0.4, 0.5) is 19.0 Å². The number of nitrogens with one attached hydrogen (secondary N) is 2. The van der Waals surface area contributed by atoms with Gasteiger partial charge in [0.05, 0.1) is 0 Å². The minimum absolute atomic E-state index is 0.0256. The summed E-state index contributed by atoms with van der Waals surface area (Å²) in [6.45, 7) is 2.65. The molecule has 0 bridgehead atoms. The van der Waals surface area contributed by atoms with Crippen molar-refractivity contribution in [2.75, 3.05) is 18.4 Å². The van der Waals surface area contributed by atoms with Crippen LogP contribution in [-0.2, 0) is 11.0 Å². The Hall–Kier alpha value is -3.56. The topological polar surface area (TPSA) is 78.3 Å². The number of H-pyrrole nitrogens is 1. The molecule has 0 aliphatic carbocycles. The number of aromatic nitrogens is 4. The first-order valence-electron chi connectivity index (χ1n) is 10.4. The Labute approximate surface area is 181 Å². The van der Waals surface area contributed by atoms with Gasteiger partial charge in [0.15, 0.2) is 17.2 Å². The number of carbonyl (C=O) groups excluding carboxylic acids is 1. The van der Waals surface area contributed by atoms with Gasteiger partial charge in [-0.1, -0.05) is 18.2 Å². The summed E-state index contributed by atoms with van der Waals surface area (Å²) in [5, 5.41) is 3.91. The van der Waals surface area contributed by atoms with E-state index in [9.17, 15) is 18.0 Å². The van der Waals surface area contributed by atoms with E-state index in [1.807, 2.05) is 6.07 Å². The van der Waals surface area contributed by atoms with Crippen LogP contribution >= 0.6 is 0 Å². The number of fused-ring (bicyclic) bond motifs is 2. The summed E-state index contributed by atoms with van der Waals surface area (Å²) in [6, 6.07) is 7.03. The molecule has 4 aromatic rings. The molecule has 0 saturated carbocycles. The highest BCUT2D eigenvalue weighted by Gasteiger charge is 2.39. The lowest BCUT2D eigenvalue weighted by Gasteiger charge is -2.33. The highest BCUT2D eigenvalue weighted by molar-refractivity contribution is 5.95. The molecule has 1 aliphatic rings. The van der Waals surface area contributed by atoms with E-state index in [2.05, 4.69) is 20.3 Å². The van der Waals surface area contributed by atoms with E-state index in [1.54, 1.807) is 29.3 Å². The smallest absolute Gasteiger partial charge is 0.362 e. The number of amides is 1. The average molecular weight is 442 g/mol. The van der Waals surface area contributed by atoms with Crippen LogP contribution in [0.5, 0.6) is 0 Å². The van der Waals surface area contributed by atoms with Gasteiger partial charge in [0.2, 0.25) is 5.91 Å². The van der Waals surface area contributed by atoms with Gasteiger partial charge in [-0.15, -0.1) is 0 Å². The zero-order valence-electron chi connectivity index (χ0n) is 17.3. The predicted molar refractivity (Wildman–Crippen MR) is 114 cm³/mol. The van der Waals surface area contributed by atoms with E-state index < -0.39 is 11.9 Å². The lowest BCUT2D eigenvalue weighted by atomic mass is 10.1. The second kappa shape index (κ2) is 7.54. The predicted octanol–water partition coefficient (Wildman–Crippen LogP) is 4.32. The number of hydrogen-bond acceptors (Lipinski definition) is 4. The third-order valence-corrected chi connectivity index (χ3v) is 5.86. The fourth-order valence-electron chi connectivity index (χ4n) is 4.39. The fraction of sp³-hybridized carbons (Fsp3) is 0.318. The summed E-state index contributed by atoms with van der Waals surface area (Å²) in [4.78, 5) is 25.2. The molecule has 2 N–H and O–H groups in total. The van der Waals surface area contributed by atoms with Crippen LogP contribution in [0.2, 0.25) is 0 Å². The van der Waals surface area contributed by atoms with Gasteiger partial charge >= 0.3 is 6.18 Å². The fourth-order valence-corrected chi connectivity index (χ4v) is 4.39. The molecule has 5 rings (SSSR count). The Morgan fingerprint density at radius 2 is 2.09 bits per heavy atom. The number of imidazole rings is 1. The maximum Gasteiger partial charge on any atom is 0.433 e. The van der Waals surface area contributed by atoms with Crippen molar-refractivity contribution in [2.45, 2.75) is 32.0 Å². The van der Waals surface area contributed by atoms with E-state index >= 15 is 0 Å². The molecular formula is C22H21F3N6O.